The molecule has 25 heavy (non-hydrogen) atoms. The molecule has 2 aromatic carbocycles. The summed E-state index contributed by atoms with van der Waals surface area (Å²) < 4.78 is 1.57. The summed E-state index contributed by atoms with van der Waals surface area (Å²) in [7, 11) is 1.75. The van der Waals surface area contributed by atoms with E-state index in [0.717, 1.165) is 12.1 Å². The number of carbonyl (C=O) groups is 1. The molecule has 0 N–H and O–H groups in total. The van der Waals surface area contributed by atoms with Gasteiger partial charge in [0.2, 0.25) is 0 Å². The summed E-state index contributed by atoms with van der Waals surface area (Å²) in [4.78, 5) is 14.1. The molecule has 5 heteroatoms. The Labute approximate surface area is 158 Å². The van der Waals surface area contributed by atoms with Crippen molar-refractivity contribution in [3.8, 4) is 0 Å². The predicted octanol–water partition coefficient (Wildman–Crippen LogP) is 1.33. The van der Waals surface area contributed by atoms with Crippen LogP contribution < -0.4 is 21.9 Å². The third-order valence-electron chi connectivity index (χ3n) is 3.87. The van der Waals surface area contributed by atoms with E-state index in [-0.39, 0.29) is 18.4 Å². The van der Waals surface area contributed by atoms with Crippen LogP contribution in [0.15, 0.2) is 79.1 Å². The van der Waals surface area contributed by atoms with Crippen molar-refractivity contribution in [1.82, 2.24) is 0 Å². The molecule has 0 aliphatic carbocycles. The van der Waals surface area contributed by atoms with E-state index in [1.807, 2.05) is 42.5 Å². The van der Waals surface area contributed by atoms with Gasteiger partial charge < -0.3 is 12.4 Å². The van der Waals surface area contributed by atoms with E-state index in [1.54, 1.807) is 41.0 Å². The fourth-order valence-corrected chi connectivity index (χ4v) is 2.61. The Morgan fingerprint density at radius 2 is 1.48 bits per heavy atom. The molecule has 0 unspecified atom stereocenters. The summed E-state index contributed by atoms with van der Waals surface area (Å²) in [6.45, 7) is 0. The van der Waals surface area contributed by atoms with Crippen LogP contribution in [0.5, 0.6) is 0 Å². The zero-order valence-electron chi connectivity index (χ0n) is 13.8. The summed E-state index contributed by atoms with van der Waals surface area (Å²) in [6, 6.07) is 21.3. The Morgan fingerprint density at radius 3 is 2.08 bits per heavy atom. The highest BCUT2D eigenvalue weighted by Crippen LogP contribution is 2.16. The second-order valence-corrected chi connectivity index (χ2v) is 6.03. The lowest BCUT2D eigenvalue weighted by Crippen LogP contribution is -3.00. The SMILES string of the molecule is CN(C(=O)[n+]1ccc(Cc2ccccc2)cc1)c1ccc(Cl)cc1.[Cl-]. The van der Waals surface area contributed by atoms with Gasteiger partial charge in [0.1, 0.15) is 5.69 Å². The number of aromatic nitrogens is 1. The van der Waals surface area contributed by atoms with E-state index < -0.39 is 0 Å². The molecule has 3 aromatic rings. The summed E-state index contributed by atoms with van der Waals surface area (Å²) in [5.74, 6) is 0. The number of halogens is 2. The van der Waals surface area contributed by atoms with Gasteiger partial charge in [-0.2, -0.15) is 14.3 Å². The Hall–Kier alpha value is -2.36. The van der Waals surface area contributed by atoms with Gasteiger partial charge in [0.25, 0.3) is 0 Å². The molecule has 0 atom stereocenters. The van der Waals surface area contributed by atoms with E-state index in [4.69, 9.17) is 11.6 Å². The average molecular weight is 373 g/mol. The lowest BCUT2D eigenvalue weighted by atomic mass is 10.1. The first-order valence-electron chi connectivity index (χ1n) is 7.71. The number of amides is 1. The topological polar surface area (TPSA) is 24.2 Å². The van der Waals surface area contributed by atoms with Crippen molar-refractivity contribution in [3.05, 3.63) is 95.3 Å². The lowest BCUT2D eigenvalue weighted by Gasteiger charge is -2.10. The highest BCUT2D eigenvalue weighted by molar-refractivity contribution is 6.30. The molecular weight excluding hydrogens is 355 g/mol. The lowest BCUT2D eigenvalue weighted by molar-refractivity contribution is -0.569. The maximum absolute atomic E-state index is 12.6. The normalized spacial score (nSPS) is 10.0. The zero-order chi connectivity index (χ0) is 16.9. The summed E-state index contributed by atoms with van der Waals surface area (Å²) in [5, 5.41) is 0.650. The number of anilines is 1. The summed E-state index contributed by atoms with van der Waals surface area (Å²) in [5.41, 5.74) is 3.21. The van der Waals surface area contributed by atoms with E-state index >= 15 is 0 Å². The van der Waals surface area contributed by atoms with Gasteiger partial charge in [0.05, 0.1) is 19.4 Å². The van der Waals surface area contributed by atoms with Crippen LogP contribution in [0, 0.1) is 0 Å². The van der Waals surface area contributed by atoms with Crippen molar-refractivity contribution in [1.29, 1.82) is 0 Å². The molecule has 128 valence electrons. The van der Waals surface area contributed by atoms with Crippen molar-refractivity contribution < 1.29 is 21.8 Å². The number of benzene rings is 2. The molecule has 3 rings (SSSR count). The largest absolute Gasteiger partial charge is 1.00 e. The van der Waals surface area contributed by atoms with Crippen molar-refractivity contribution in [2.75, 3.05) is 11.9 Å². The first kappa shape index (κ1) is 19.0. The minimum Gasteiger partial charge on any atom is -1.00 e. The van der Waals surface area contributed by atoms with Crippen LogP contribution in [0.25, 0.3) is 0 Å². The number of hydrogen-bond donors (Lipinski definition) is 0. The van der Waals surface area contributed by atoms with Crippen molar-refractivity contribution >= 4 is 23.3 Å². The van der Waals surface area contributed by atoms with Gasteiger partial charge in [-0.05, 0) is 53.9 Å². The van der Waals surface area contributed by atoms with Crippen LogP contribution in [-0.4, -0.2) is 13.1 Å². The molecule has 0 spiro atoms. The molecule has 0 saturated carbocycles. The van der Waals surface area contributed by atoms with Gasteiger partial charge in [-0.15, -0.1) is 0 Å². The van der Waals surface area contributed by atoms with Crippen LogP contribution >= 0.6 is 11.6 Å². The van der Waals surface area contributed by atoms with Crippen molar-refractivity contribution in [2.45, 2.75) is 6.42 Å². The van der Waals surface area contributed by atoms with Gasteiger partial charge in [-0.25, -0.2) is 0 Å². The molecule has 0 radical (unpaired) electrons. The second kappa shape index (κ2) is 8.65. The highest BCUT2D eigenvalue weighted by Gasteiger charge is 2.22. The summed E-state index contributed by atoms with van der Waals surface area (Å²) >= 11 is 5.89. The van der Waals surface area contributed by atoms with E-state index in [2.05, 4.69) is 12.1 Å². The molecule has 0 saturated heterocycles. The molecule has 1 aromatic heterocycles. The standard InChI is InChI=1S/C20H18ClN2O.ClH/c1-22(19-9-7-18(21)8-10-19)20(24)23-13-11-17(12-14-23)15-16-5-3-2-4-6-16;/h2-14H,15H2,1H3;1H/q+1;/p-1. The molecular formula is C20H18Cl2N2O. The van der Waals surface area contributed by atoms with Gasteiger partial charge >= 0.3 is 6.03 Å². The van der Waals surface area contributed by atoms with Crippen LogP contribution in [0.4, 0.5) is 10.5 Å². The molecule has 0 bridgehead atoms. The Morgan fingerprint density at radius 1 is 0.920 bits per heavy atom. The van der Waals surface area contributed by atoms with Crippen LogP contribution in [0.3, 0.4) is 0 Å². The molecule has 3 nitrogen and oxygen atoms in total. The van der Waals surface area contributed by atoms with Crippen LogP contribution in [0.1, 0.15) is 11.1 Å². The van der Waals surface area contributed by atoms with Gasteiger partial charge in [-0.3, -0.25) is 0 Å². The smallest absolute Gasteiger partial charge is 0.502 e. The second-order valence-electron chi connectivity index (χ2n) is 5.59. The molecule has 1 amide bonds. The van der Waals surface area contributed by atoms with E-state index in [0.29, 0.717) is 5.02 Å². The fraction of sp³-hybridized carbons (Fsp3) is 0.100. The average Bonchev–Trinajstić information content (AvgIpc) is 2.63. The minimum absolute atomic E-state index is 0. The van der Waals surface area contributed by atoms with Crippen molar-refractivity contribution in [2.24, 2.45) is 0 Å². The van der Waals surface area contributed by atoms with Gasteiger partial charge in [0, 0.05) is 5.02 Å². The molecule has 0 fully saturated rings. The number of pyridine rings is 1. The maximum Gasteiger partial charge on any atom is 0.502 e. The first-order chi connectivity index (χ1) is 11.6. The molecule has 0 aliphatic rings. The fourth-order valence-electron chi connectivity index (χ4n) is 2.48. The molecule has 0 aliphatic heterocycles. The van der Waals surface area contributed by atoms with Gasteiger partial charge in [-0.1, -0.05) is 41.9 Å². The Kier molecular flexibility index (Phi) is 6.57. The highest BCUT2D eigenvalue weighted by atomic mass is 35.5. The van der Waals surface area contributed by atoms with Crippen LogP contribution in [0.2, 0.25) is 5.02 Å². The maximum atomic E-state index is 12.6. The van der Waals surface area contributed by atoms with Crippen LogP contribution in [-0.2, 0) is 6.42 Å². The summed E-state index contributed by atoms with van der Waals surface area (Å²) in [6.07, 6.45) is 4.45. The Balaban J connectivity index is 0.00000225. The molecule has 1 heterocycles. The number of hydrogen-bond acceptors (Lipinski definition) is 1. The monoisotopic (exact) mass is 372 g/mol. The van der Waals surface area contributed by atoms with Gasteiger partial charge in [0.15, 0.2) is 0 Å². The zero-order valence-corrected chi connectivity index (χ0v) is 15.3. The minimum atomic E-state index is -0.122. The number of nitrogens with zero attached hydrogens (tertiary/aromatic N) is 2. The Bertz CT molecular complexity index is 819. The third-order valence-corrected chi connectivity index (χ3v) is 4.12. The predicted molar refractivity (Wildman–Crippen MR) is 96.5 cm³/mol. The first-order valence-corrected chi connectivity index (χ1v) is 8.09. The number of rotatable bonds is 3. The quantitative estimate of drug-likeness (QED) is 0.636. The van der Waals surface area contributed by atoms with E-state index in [1.165, 1.54) is 11.1 Å². The van der Waals surface area contributed by atoms with E-state index in [9.17, 15) is 4.79 Å². The third kappa shape index (κ3) is 4.81. The van der Waals surface area contributed by atoms with Crippen molar-refractivity contribution in [3.63, 3.8) is 0 Å². The number of carbonyl (C=O) groups excluding carboxylic acids is 1.